The predicted molar refractivity (Wildman–Crippen MR) is 29.3 cm³/mol. The van der Waals surface area contributed by atoms with E-state index in [0.717, 1.165) is 0 Å². The number of hydrogen-bond donors (Lipinski definition) is 2. The summed E-state index contributed by atoms with van der Waals surface area (Å²) in [7, 11) is -1.72. The van der Waals surface area contributed by atoms with E-state index < -0.39 is 14.0 Å². The average molecular weight is 136 g/mol. The van der Waals surface area contributed by atoms with Crippen LogP contribution in [0.2, 0.25) is 0 Å². The molecule has 0 radical (unpaired) electrons. The van der Waals surface area contributed by atoms with E-state index in [2.05, 4.69) is 0 Å². The fraction of sp³-hybridized carbons (Fsp3) is 0.667. The first-order valence-electron chi connectivity index (χ1n) is 2.11. The van der Waals surface area contributed by atoms with Crippen molar-refractivity contribution >= 4 is 14.0 Å². The van der Waals surface area contributed by atoms with Gasteiger partial charge in [-0.3, -0.25) is 0 Å². The molecule has 0 bridgehead atoms. The Kier molecular flexibility index (Phi) is 3.12. The fourth-order valence-corrected chi connectivity index (χ4v) is 0.557. The van der Waals surface area contributed by atoms with Crippen LogP contribution in [0.1, 0.15) is 6.92 Å². The van der Waals surface area contributed by atoms with Crippen molar-refractivity contribution in [3.8, 4) is 0 Å². The SMILES string of the molecule is CC[P+](=O)NC(=O)O. The molecule has 0 aromatic carbocycles. The highest BCUT2D eigenvalue weighted by Gasteiger charge is 2.13. The summed E-state index contributed by atoms with van der Waals surface area (Å²) in [6, 6.07) is 0. The second-order valence-electron chi connectivity index (χ2n) is 1.11. The number of carbonyl (C=O) groups is 1. The molecule has 0 saturated carbocycles. The first-order chi connectivity index (χ1) is 3.66. The second-order valence-corrected chi connectivity index (χ2v) is 2.72. The van der Waals surface area contributed by atoms with Gasteiger partial charge in [-0.25, -0.2) is 4.79 Å². The van der Waals surface area contributed by atoms with Gasteiger partial charge in [0, 0.05) is 0 Å². The van der Waals surface area contributed by atoms with Crippen molar-refractivity contribution in [1.82, 2.24) is 5.09 Å². The quantitative estimate of drug-likeness (QED) is 0.557. The van der Waals surface area contributed by atoms with E-state index >= 15 is 0 Å². The third-order valence-corrected chi connectivity index (χ3v) is 1.52. The van der Waals surface area contributed by atoms with Gasteiger partial charge in [0.1, 0.15) is 0 Å². The Labute approximate surface area is 47.7 Å². The summed E-state index contributed by atoms with van der Waals surface area (Å²) in [6.07, 6.45) is -0.880. The average Bonchev–Trinajstić information content (AvgIpc) is 1.65. The van der Waals surface area contributed by atoms with Gasteiger partial charge in [0.2, 0.25) is 0 Å². The summed E-state index contributed by atoms with van der Waals surface area (Å²) in [5, 5.41) is 9.74. The van der Waals surface area contributed by atoms with Crippen molar-refractivity contribution in [2.45, 2.75) is 6.92 Å². The smallest absolute Gasteiger partial charge is 0.463 e. The zero-order chi connectivity index (χ0) is 6.57. The summed E-state index contributed by atoms with van der Waals surface area (Å²) in [6.45, 7) is 1.65. The molecule has 0 aliphatic rings. The minimum atomic E-state index is -1.72. The third kappa shape index (κ3) is 3.56. The van der Waals surface area contributed by atoms with Crippen LogP contribution in [-0.4, -0.2) is 17.4 Å². The Balaban J connectivity index is 3.40. The summed E-state index contributed by atoms with van der Waals surface area (Å²) < 4.78 is 10.3. The van der Waals surface area contributed by atoms with E-state index in [1.54, 1.807) is 6.92 Å². The Morgan fingerprint density at radius 1 is 1.88 bits per heavy atom. The molecule has 8 heavy (non-hydrogen) atoms. The highest BCUT2D eigenvalue weighted by atomic mass is 31.1. The van der Waals surface area contributed by atoms with E-state index in [-0.39, 0.29) is 0 Å². The van der Waals surface area contributed by atoms with Gasteiger partial charge in [0.25, 0.3) is 0 Å². The van der Waals surface area contributed by atoms with Crippen LogP contribution in [-0.2, 0) is 4.57 Å². The number of amides is 1. The second kappa shape index (κ2) is 3.38. The molecule has 1 unspecified atom stereocenters. The molecule has 0 heterocycles. The fourth-order valence-electron chi connectivity index (χ4n) is 0.186. The zero-order valence-corrected chi connectivity index (χ0v) is 5.31. The monoisotopic (exact) mass is 136 g/mol. The highest BCUT2D eigenvalue weighted by Crippen LogP contribution is 2.10. The predicted octanol–water partition coefficient (Wildman–Crippen LogP) is 1.02. The molecule has 0 aliphatic heterocycles. The van der Waals surface area contributed by atoms with E-state index in [1.165, 1.54) is 0 Å². The van der Waals surface area contributed by atoms with Crippen molar-refractivity contribution < 1.29 is 14.5 Å². The van der Waals surface area contributed by atoms with Crippen LogP contribution in [0, 0.1) is 0 Å². The molecule has 4 nitrogen and oxygen atoms in total. The van der Waals surface area contributed by atoms with Crippen LogP contribution >= 0.6 is 7.95 Å². The number of hydrogen-bond acceptors (Lipinski definition) is 2. The van der Waals surface area contributed by atoms with Crippen LogP contribution in [0.25, 0.3) is 0 Å². The molecule has 0 aromatic rings. The lowest BCUT2D eigenvalue weighted by Gasteiger charge is -1.78. The van der Waals surface area contributed by atoms with Crippen LogP contribution in [0.3, 0.4) is 0 Å². The van der Waals surface area contributed by atoms with Crippen molar-refractivity contribution in [1.29, 1.82) is 0 Å². The number of rotatable bonds is 2. The van der Waals surface area contributed by atoms with Crippen LogP contribution < -0.4 is 5.09 Å². The molecule has 5 heteroatoms. The van der Waals surface area contributed by atoms with Crippen LogP contribution in [0.4, 0.5) is 4.79 Å². The van der Waals surface area contributed by atoms with Gasteiger partial charge in [-0.05, 0) is 11.5 Å². The zero-order valence-electron chi connectivity index (χ0n) is 4.42. The molecule has 1 amide bonds. The molecule has 0 spiro atoms. The maximum Gasteiger partial charge on any atom is 0.464 e. The molecule has 0 aliphatic carbocycles. The molecule has 0 fully saturated rings. The first kappa shape index (κ1) is 7.37. The van der Waals surface area contributed by atoms with Crippen molar-refractivity contribution in [3.05, 3.63) is 0 Å². The Morgan fingerprint density at radius 2 is 2.38 bits per heavy atom. The minimum absolute atomic E-state index is 0.349. The van der Waals surface area contributed by atoms with Gasteiger partial charge in [0.05, 0.1) is 0 Å². The lowest BCUT2D eigenvalue weighted by molar-refractivity contribution is 0.201. The lowest BCUT2D eigenvalue weighted by atomic mass is 11.0. The standard InChI is InChI=1S/C3H6NO3P/c1-2-8(7)4-3(5)6/h2H2,1H3,(H-,4,5,6,7)/p+1. The molecular formula is C3H7NO3P+. The molecule has 46 valence electrons. The maximum absolute atomic E-state index is 10.3. The number of nitrogens with one attached hydrogen (secondary N) is 1. The highest BCUT2D eigenvalue weighted by molar-refractivity contribution is 7.43. The molecule has 0 aromatic heterocycles. The topological polar surface area (TPSA) is 66.4 Å². The van der Waals surface area contributed by atoms with Gasteiger partial charge >= 0.3 is 14.0 Å². The largest absolute Gasteiger partial charge is 0.464 e. The summed E-state index contributed by atoms with van der Waals surface area (Å²) in [4.78, 5) is 9.67. The van der Waals surface area contributed by atoms with Gasteiger partial charge in [0.15, 0.2) is 6.16 Å². The summed E-state index contributed by atoms with van der Waals surface area (Å²) in [5.74, 6) is 0. The van der Waals surface area contributed by atoms with E-state index in [1.807, 2.05) is 5.09 Å². The normalized spacial score (nSPS) is 10.4. The van der Waals surface area contributed by atoms with Crippen molar-refractivity contribution in [2.75, 3.05) is 6.16 Å². The van der Waals surface area contributed by atoms with Crippen molar-refractivity contribution in [2.24, 2.45) is 0 Å². The Bertz CT molecular complexity index is 113. The van der Waals surface area contributed by atoms with E-state index in [4.69, 9.17) is 5.11 Å². The lowest BCUT2D eigenvalue weighted by Crippen LogP contribution is -2.11. The first-order valence-corrected chi connectivity index (χ1v) is 3.55. The van der Waals surface area contributed by atoms with Crippen molar-refractivity contribution in [3.63, 3.8) is 0 Å². The maximum atomic E-state index is 10.3. The number of carboxylic acid groups (broad SMARTS) is 1. The summed E-state index contributed by atoms with van der Waals surface area (Å²) in [5.41, 5.74) is 0. The summed E-state index contributed by atoms with van der Waals surface area (Å²) >= 11 is 0. The molecule has 2 N–H and O–H groups in total. The molecule has 1 atom stereocenters. The molecular weight excluding hydrogens is 129 g/mol. The minimum Gasteiger partial charge on any atom is -0.463 e. The molecule has 0 rings (SSSR count). The van der Waals surface area contributed by atoms with Crippen LogP contribution in [0.5, 0.6) is 0 Å². The van der Waals surface area contributed by atoms with Crippen LogP contribution in [0.15, 0.2) is 0 Å². The third-order valence-electron chi connectivity index (χ3n) is 0.508. The molecule has 0 saturated heterocycles. The van der Waals surface area contributed by atoms with Gasteiger partial charge in [-0.15, -0.1) is 5.09 Å². The Hall–Kier alpha value is -0.630. The van der Waals surface area contributed by atoms with E-state index in [0.29, 0.717) is 6.16 Å². The van der Waals surface area contributed by atoms with E-state index in [9.17, 15) is 9.36 Å². The Morgan fingerprint density at radius 3 is 2.50 bits per heavy atom. The van der Waals surface area contributed by atoms with Gasteiger partial charge in [-0.1, -0.05) is 0 Å². The van der Waals surface area contributed by atoms with Gasteiger partial charge in [-0.2, -0.15) is 0 Å². The van der Waals surface area contributed by atoms with Gasteiger partial charge < -0.3 is 5.11 Å².